The number of para-hydroxylation sites is 1. The minimum Gasteiger partial charge on any atom is -0.398 e. The van der Waals surface area contributed by atoms with E-state index in [1.165, 1.54) is 4.31 Å². The summed E-state index contributed by atoms with van der Waals surface area (Å²) in [6.45, 7) is 2.15. The molecule has 0 bridgehead atoms. The lowest BCUT2D eigenvalue weighted by Gasteiger charge is -2.21. The van der Waals surface area contributed by atoms with E-state index >= 15 is 0 Å². The number of aryl methyl sites for hydroxylation is 1. The van der Waals surface area contributed by atoms with Crippen LogP contribution in [0.15, 0.2) is 53.4 Å². The molecule has 0 heterocycles. The molecule has 0 unspecified atom stereocenters. The summed E-state index contributed by atoms with van der Waals surface area (Å²) in [4.78, 5) is 0.179. The maximum absolute atomic E-state index is 12.9. The molecular formula is C18H24N2O2S. The quantitative estimate of drug-likeness (QED) is 0.619. The maximum Gasteiger partial charge on any atom is 0.266 e. The van der Waals surface area contributed by atoms with Gasteiger partial charge in [-0.25, -0.2) is 8.42 Å². The molecule has 0 spiro atoms. The third kappa shape index (κ3) is 4.05. The molecule has 0 radical (unpaired) electrons. The Hall–Kier alpha value is -2.01. The van der Waals surface area contributed by atoms with Gasteiger partial charge in [0.1, 0.15) is 4.90 Å². The second kappa shape index (κ2) is 7.51. The first-order valence-corrected chi connectivity index (χ1v) is 9.33. The fourth-order valence-corrected chi connectivity index (χ4v) is 3.82. The zero-order valence-electron chi connectivity index (χ0n) is 13.7. The van der Waals surface area contributed by atoms with Crippen LogP contribution in [0, 0.1) is 0 Å². The number of hydrogen-bond donors (Lipinski definition) is 1. The van der Waals surface area contributed by atoms with Crippen LogP contribution in [0.4, 0.5) is 11.4 Å². The molecule has 23 heavy (non-hydrogen) atoms. The molecule has 4 nitrogen and oxygen atoms in total. The van der Waals surface area contributed by atoms with Gasteiger partial charge in [0.05, 0.1) is 11.4 Å². The highest BCUT2D eigenvalue weighted by atomic mass is 32.2. The Labute approximate surface area is 139 Å². The number of unbranched alkanes of at least 4 members (excludes halogenated alkanes) is 2. The first kappa shape index (κ1) is 17.3. The minimum atomic E-state index is -3.67. The summed E-state index contributed by atoms with van der Waals surface area (Å²) in [7, 11) is -2.12. The molecule has 2 N–H and O–H groups in total. The molecule has 0 aliphatic rings. The molecule has 0 saturated carbocycles. The van der Waals surface area contributed by atoms with Gasteiger partial charge >= 0.3 is 0 Å². The van der Waals surface area contributed by atoms with E-state index < -0.39 is 10.0 Å². The summed E-state index contributed by atoms with van der Waals surface area (Å²) in [5.74, 6) is 0. The molecule has 2 rings (SSSR count). The second-order valence-electron chi connectivity index (χ2n) is 5.64. The summed E-state index contributed by atoms with van der Waals surface area (Å²) in [6, 6.07) is 14.3. The maximum atomic E-state index is 12.9. The number of nitrogen functional groups attached to an aromatic ring is 1. The monoisotopic (exact) mass is 332 g/mol. The molecule has 0 aromatic heterocycles. The van der Waals surface area contributed by atoms with Crippen molar-refractivity contribution in [1.29, 1.82) is 0 Å². The predicted molar refractivity (Wildman–Crippen MR) is 96.1 cm³/mol. The molecule has 2 aromatic rings. The normalized spacial score (nSPS) is 11.4. The van der Waals surface area contributed by atoms with Crippen LogP contribution in [-0.2, 0) is 16.4 Å². The van der Waals surface area contributed by atoms with Gasteiger partial charge in [0, 0.05) is 7.05 Å². The van der Waals surface area contributed by atoms with Gasteiger partial charge < -0.3 is 5.73 Å². The highest BCUT2D eigenvalue weighted by Gasteiger charge is 2.24. The average Bonchev–Trinajstić information content (AvgIpc) is 2.56. The van der Waals surface area contributed by atoms with Gasteiger partial charge in [-0.05, 0) is 42.7 Å². The zero-order valence-corrected chi connectivity index (χ0v) is 14.5. The largest absolute Gasteiger partial charge is 0.398 e. The van der Waals surface area contributed by atoms with E-state index in [0.717, 1.165) is 31.2 Å². The van der Waals surface area contributed by atoms with Crippen molar-refractivity contribution in [2.45, 2.75) is 37.5 Å². The van der Waals surface area contributed by atoms with Gasteiger partial charge in [0.25, 0.3) is 10.0 Å². The van der Waals surface area contributed by atoms with E-state index in [2.05, 4.69) is 6.92 Å². The first-order valence-electron chi connectivity index (χ1n) is 7.89. The number of anilines is 2. The van der Waals surface area contributed by atoms with E-state index in [1.54, 1.807) is 31.3 Å². The molecular weight excluding hydrogens is 308 g/mol. The third-order valence-corrected chi connectivity index (χ3v) is 5.75. The number of nitrogens with two attached hydrogens (primary N) is 1. The van der Waals surface area contributed by atoms with Crippen molar-refractivity contribution in [3.8, 4) is 0 Å². The smallest absolute Gasteiger partial charge is 0.266 e. The Morgan fingerprint density at radius 1 is 1.04 bits per heavy atom. The van der Waals surface area contributed by atoms with Crippen molar-refractivity contribution in [1.82, 2.24) is 0 Å². The van der Waals surface area contributed by atoms with Crippen molar-refractivity contribution < 1.29 is 8.42 Å². The molecule has 0 fully saturated rings. The summed E-state index contributed by atoms with van der Waals surface area (Å²) in [5, 5.41) is 0. The van der Waals surface area contributed by atoms with Crippen molar-refractivity contribution in [3.63, 3.8) is 0 Å². The zero-order chi connectivity index (χ0) is 16.9. The number of benzene rings is 2. The summed E-state index contributed by atoms with van der Waals surface area (Å²) < 4.78 is 27.0. The highest BCUT2D eigenvalue weighted by molar-refractivity contribution is 7.93. The fourth-order valence-electron chi connectivity index (χ4n) is 2.46. The van der Waals surface area contributed by atoms with Crippen LogP contribution in [0.5, 0.6) is 0 Å². The number of sulfonamides is 1. The molecule has 5 heteroatoms. The van der Waals surface area contributed by atoms with E-state index in [0.29, 0.717) is 5.69 Å². The predicted octanol–water partition coefficient (Wildman–Crippen LogP) is 3.83. The lowest BCUT2D eigenvalue weighted by Crippen LogP contribution is -2.27. The third-order valence-electron chi connectivity index (χ3n) is 3.91. The Morgan fingerprint density at radius 3 is 2.39 bits per heavy atom. The van der Waals surface area contributed by atoms with Gasteiger partial charge in [0.2, 0.25) is 0 Å². The summed E-state index contributed by atoms with van der Waals surface area (Å²) >= 11 is 0. The van der Waals surface area contributed by atoms with Crippen LogP contribution in [0.25, 0.3) is 0 Å². The topological polar surface area (TPSA) is 63.4 Å². The van der Waals surface area contributed by atoms with Crippen molar-refractivity contribution >= 4 is 21.4 Å². The minimum absolute atomic E-state index is 0.179. The summed E-state index contributed by atoms with van der Waals surface area (Å²) in [5.41, 5.74) is 7.85. The second-order valence-corrected chi connectivity index (χ2v) is 7.58. The van der Waals surface area contributed by atoms with Crippen LogP contribution < -0.4 is 10.0 Å². The van der Waals surface area contributed by atoms with Gasteiger partial charge in [-0.2, -0.15) is 0 Å². The molecule has 0 saturated heterocycles. The Kier molecular flexibility index (Phi) is 5.66. The Bertz CT molecular complexity index is 743. The Morgan fingerprint density at radius 2 is 1.74 bits per heavy atom. The van der Waals surface area contributed by atoms with Gasteiger partial charge in [-0.1, -0.05) is 44.0 Å². The standard InChI is InChI=1S/C18H24N2O2S/c1-3-4-6-9-15-12-13-17(19)18(14-15)23(21,22)20(2)16-10-7-5-8-11-16/h5,7-8,10-14H,3-4,6,9,19H2,1-2H3. The first-order chi connectivity index (χ1) is 11.0. The lowest BCUT2D eigenvalue weighted by molar-refractivity contribution is 0.594. The van der Waals surface area contributed by atoms with Crippen molar-refractivity contribution in [3.05, 3.63) is 54.1 Å². The van der Waals surface area contributed by atoms with E-state index in [4.69, 9.17) is 5.73 Å². The van der Waals surface area contributed by atoms with E-state index in [1.807, 2.05) is 24.3 Å². The molecule has 124 valence electrons. The SMILES string of the molecule is CCCCCc1ccc(N)c(S(=O)(=O)N(C)c2ccccc2)c1. The van der Waals surface area contributed by atoms with Crippen LogP contribution in [0.1, 0.15) is 31.7 Å². The van der Waals surface area contributed by atoms with Crippen LogP contribution >= 0.6 is 0 Å². The number of rotatable bonds is 7. The van der Waals surface area contributed by atoms with Gasteiger partial charge in [-0.15, -0.1) is 0 Å². The molecule has 0 amide bonds. The van der Waals surface area contributed by atoms with Gasteiger partial charge in [-0.3, -0.25) is 4.31 Å². The van der Waals surface area contributed by atoms with E-state index in [-0.39, 0.29) is 10.6 Å². The Balaban J connectivity index is 2.33. The molecule has 2 aromatic carbocycles. The van der Waals surface area contributed by atoms with Gasteiger partial charge in [0.15, 0.2) is 0 Å². The van der Waals surface area contributed by atoms with Crippen LogP contribution in [0.2, 0.25) is 0 Å². The molecule has 0 aliphatic heterocycles. The fraction of sp³-hybridized carbons (Fsp3) is 0.333. The lowest BCUT2D eigenvalue weighted by atomic mass is 10.1. The van der Waals surface area contributed by atoms with Crippen LogP contribution in [0.3, 0.4) is 0 Å². The van der Waals surface area contributed by atoms with E-state index in [9.17, 15) is 8.42 Å². The number of nitrogens with zero attached hydrogens (tertiary/aromatic N) is 1. The molecule has 0 aliphatic carbocycles. The van der Waals surface area contributed by atoms with Crippen LogP contribution in [-0.4, -0.2) is 15.5 Å². The molecule has 0 atom stereocenters. The van der Waals surface area contributed by atoms with Crippen molar-refractivity contribution in [2.24, 2.45) is 0 Å². The summed E-state index contributed by atoms with van der Waals surface area (Å²) in [6.07, 6.45) is 4.19. The average molecular weight is 332 g/mol. The number of hydrogen-bond acceptors (Lipinski definition) is 3. The van der Waals surface area contributed by atoms with Crippen molar-refractivity contribution in [2.75, 3.05) is 17.1 Å². The highest BCUT2D eigenvalue weighted by Crippen LogP contribution is 2.27.